The van der Waals surface area contributed by atoms with Crippen molar-refractivity contribution in [2.45, 2.75) is 19.8 Å². The number of allylic oxidation sites excluding steroid dienone is 2. The second kappa shape index (κ2) is 2.34. The Hall–Kier alpha value is -0.260. The van der Waals surface area contributed by atoms with Crippen molar-refractivity contribution in [2.75, 3.05) is 0 Å². The lowest BCUT2D eigenvalue weighted by Gasteiger charge is -2.16. The average molecular weight is 109 g/mol. The molecule has 0 heteroatoms. The summed E-state index contributed by atoms with van der Waals surface area (Å²) in [5.74, 6) is 1.45. The third-order valence-electron chi connectivity index (χ3n) is 1.64. The Labute approximate surface area is 51.6 Å². The summed E-state index contributed by atoms with van der Waals surface area (Å²) in [6.07, 6.45) is 6.98. The molecule has 1 rings (SSSR count). The van der Waals surface area contributed by atoms with Gasteiger partial charge in [-0.2, -0.15) is 0 Å². The Morgan fingerprint density at radius 2 is 2.38 bits per heavy atom. The molecule has 0 nitrogen and oxygen atoms in total. The summed E-state index contributed by atoms with van der Waals surface area (Å²) in [4.78, 5) is 0. The highest BCUT2D eigenvalue weighted by atomic mass is 14.1. The predicted molar refractivity (Wildman–Crippen MR) is 36.4 cm³/mol. The molecule has 0 N–H and O–H groups in total. The van der Waals surface area contributed by atoms with Crippen LogP contribution < -0.4 is 0 Å². The highest BCUT2D eigenvalue weighted by Gasteiger charge is 2.08. The first-order valence-corrected chi connectivity index (χ1v) is 3.29. The molecule has 0 aliphatic heterocycles. The van der Waals surface area contributed by atoms with Crippen LogP contribution in [0.1, 0.15) is 19.8 Å². The summed E-state index contributed by atoms with van der Waals surface area (Å²) in [6.45, 7) is 6.24. The molecule has 2 atom stereocenters. The standard InChI is InChI=1S/C8H13/c1-7-4-3-5-8(2)6-7/h3,5,7-8H,1,4,6H2,2H3. The molecule has 0 amide bonds. The lowest BCUT2D eigenvalue weighted by atomic mass is 9.89. The van der Waals surface area contributed by atoms with E-state index in [1.54, 1.807) is 0 Å². The smallest absolute Gasteiger partial charge is 0.0259 e. The lowest BCUT2D eigenvalue weighted by molar-refractivity contribution is 0.486. The quantitative estimate of drug-likeness (QED) is 0.419. The van der Waals surface area contributed by atoms with Crippen LogP contribution >= 0.6 is 0 Å². The van der Waals surface area contributed by atoms with E-state index in [-0.39, 0.29) is 0 Å². The molecule has 2 unspecified atom stereocenters. The van der Waals surface area contributed by atoms with E-state index in [9.17, 15) is 0 Å². The van der Waals surface area contributed by atoms with Crippen LogP contribution in [-0.2, 0) is 0 Å². The molecule has 45 valence electrons. The van der Waals surface area contributed by atoms with Crippen molar-refractivity contribution in [3.8, 4) is 0 Å². The van der Waals surface area contributed by atoms with Crippen LogP contribution in [0.15, 0.2) is 12.2 Å². The van der Waals surface area contributed by atoms with Gasteiger partial charge in [0.05, 0.1) is 0 Å². The second-order valence-electron chi connectivity index (χ2n) is 2.74. The highest BCUT2D eigenvalue weighted by molar-refractivity contribution is 4.94. The van der Waals surface area contributed by atoms with E-state index in [1.807, 2.05) is 0 Å². The van der Waals surface area contributed by atoms with Gasteiger partial charge in [-0.15, -0.1) is 0 Å². The Kier molecular flexibility index (Phi) is 1.72. The summed E-state index contributed by atoms with van der Waals surface area (Å²) in [5.41, 5.74) is 0. The number of hydrogen-bond donors (Lipinski definition) is 0. The summed E-state index contributed by atoms with van der Waals surface area (Å²) in [5, 5.41) is 0. The van der Waals surface area contributed by atoms with Gasteiger partial charge >= 0.3 is 0 Å². The Morgan fingerprint density at radius 3 is 2.75 bits per heavy atom. The van der Waals surface area contributed by atoms with Crippen molar-refractivity contribution in [3.05, 3.63) is 19.1 Å². The molecule has 0 fully saturated rings. The molecule has 1 radical (unpaired) electrons. The maximum atomic E-state index is 4.00. The molecule has 0 saturated heterocycles. The molecule has 0 saturated carbocycles. The number of rotatable bonds is 0. The van der Waals surface area contributed by atoms with Crippen molar-refractivity contribution in [3.63, 3.8) is 0 Å². The molecule has 0 heterocycles. The Morgan fingerprint density at radius 1 is 1.62 bits per heavy atom. The average Bonchev–Trinajstić information content (AvgIpc) is 1.64. The molecular formula is C8H13. The van der Waals surface area contributed by atoms with Crippen LogP contribution in [0, 0.1) is 18.8 Å². The molecule has 0 aromatic rings. The van der Waals surface area contributed by atoms with Gasteiger partial charge in [-0.1, -0.05) is 19.1 Å². The normalized spacial score (nSPS) is 37.8. The van der Waals surface area contributed by atoms with Gasteiger partial charge in [0.15, 0.2) is 0 Å². The second-order valence-corrected chi connectivity index (χ2v) is 2.74. The van der Waals surface area contributed by atoms with Gasteiger partial charge in [0.25, 0.3) is 0 Å². The first-order chi connectivity index (χ1) is 3.79. The van der Waals surface area contributed by atoms with Crippen LogP contribution in [0.3, 0.4) is 0 Å². The van der Waals surface area contributed by atoms with E-state index < -0.39 is 0 Å². The first kappa shape index (κ1) is 5.87. The van der Waals surface area contributed by atoms with Crippen molar-refractivity contribution in [2.24, 2.45) is 11.8 Å². The van der Waals surface area contributed by atoms with Crippen LogP contribution in [0.25, 0.3) is 0 Å². The van der Waals surface area contributed by atoms with Gasteiger partial charge in [0.2, 0.25) is 0 Å². The zero-order valence-corrected chi connectivity index (χ0v) is 5.43. The highest BCUT2D eigenvalue weighted by Crippen LogP contribution is 2.21. The van der Waals surface area contributed by atoms with E-state index in [0.29, 0.717) is 5.92 Å². The minimum Gasteiger partial charge on any atom is -0.0880 e. The summed E-state index contributed by atoms with van der Waals surface area (Å²) in [7, 11) is 0. The van der Waals surface area contributed by atoms with Gasteiger partial charge in [0.1, 0.15) is 0 Å². The van der Waals surface area contributed by atoms with Crippen molar-refractivity contribution in [1.82, 2.24) is 0 Å². The lowest BCUT2D eigenvalue weighted by Crippen LogP contribution is -2.04. The zero-order valence-electron chi connectivity index (χ0n) is 5.43. The van der Waals surface area contributed by atoms with Gasteiger partial charge in [0, 0.05) is 0 Å². The van der Waals surface area contributed by atoms with Crippen LogP contribution in [0.5, 0.6) is 0 Å². The van der Waals surface area contributed by atoms with Crippen molar-refractivity contribution < 1.29 is 0 Å². The minimum atomic E-state index is 0.676. The fourth-order valence-corrected chi connectivity index (χ4v) is 1.20. The molecule has 1 aliphatic rings. The van der Waals surface area contributed by atoms with Crippen molar-refractivity contribution >= 4 is 0 Å². The van der Waals surface area contributed by atoms with Gasteiger partial charge in [-0.25, -0.2) is 0 Å². The van der Waals surface area contributed by atoms with E-state index >= 15 is 0 Å². The zero-order chi connectivity index (χ0) is 5.98. The molecule has 1 aliphatic carbocycles. The minimum absolute atomic E-state index is 0.676. The topological polar surface area (TPSA) is 0 Å². The third kappa shape index (κ3) is 1.36. The van der Waals surface area contributed by atoms with E-state index in [2.05, 4.69) is 26.0 Å². The van der Waals surface area contributed by atoms with E-state index in [4.69, 9.17) is 0 Å². The van der Waals surface area contributed by atoms with E-state index in [0.717, 1.165) is 5.92 Å². The summed E-state index contributed by atoms with van der Waals surface area (Å²) in [6, 6.07) is 0. The summed E-state index contributed by atoms with van der Waals surface area (Å²) >= 11 is 0. The Balaban J connectivity index is 2.42. The molecular weight excluding hydrogens is 96.1 g/mol. The number of hydrogen-bond acceptors (Lipinski definition) is 0. The van der Waals surface area contributed by atoms with Crippen LogP contribution in [0.4, 0.5) is 0 Å². The van der Waals surface area contributed by atoms with Crippen molar-refractivity contribution in [1.29, 1.82) is 0 Å². The first-order valence-electron chi connectivity index (χ1n) is 3.29. The maximum Gasteiger partial charge on any atom is -0.0259 e. The fraction of sp³-hybridized carbons (Fsp3) is 0.625. The molecule has 0 aromatic carbocycles. The van der Waals surface area contributed by atoms with Gasteiger partial charge in [-0.3, -0.25) is 0 Å². The van der Waals surface area contributed by atoms with Crippen LogP contribution in [0.2, 0.25) is 0 Å². The molecule has 0 spiro atoms. The third-order valence-corrected chi connectivity index (χ3v) is 1.64. The monoisotopic (exact) mass is 109 g/mol. The molecule has 0 aromatic heterocycles. The summed E-state index contributed by atoms with van der Waals surface area (Å²) < 4.78 is 0. The molecule has 0 bridgehead atoms. The predicted octanol–water partition coefficient (Wildman–Crippen LogP) is 2.42. The Bertz CT molecular complexity index is 92.2. The van der Waals surface area contributed by atoms with E-state index in [1.165, 1.54) is 12.8 Å². The maximum absolute atomic E-state index is 4.00. The SMILES string of the molecule is [CH2]C1CC=CC(C)C1. The molecule has 8 heavy (non-hydrogen) atoms. The fourth-order valence-electron chi connectivity index (χ4n) is 1.20. The van der Waals surface area contributed by atoms with Gasteiger partial charge < -0.3 is 0 Å². The van der Waals surface area contributed by atoms with Crippen LogP contribution in [-0.4, -0.2) is 0 Å². The largest absolute Gasteiger partial charge is 0.0880 e. The van der Waals surface area contributed by atoms with Gasteiger partial charge in [-0.05, 0) is 31.6 Å².